The number of likely N-dealkylation sites (tertiary alicyclic amines) is 1. The van der Waals surface area contributed by atoms with Gasteiger partial charge in [0.05, 0.1) is 4.90 Å². The molecule has 0 aliphatic carbocycles. The highest BCUT2D eigenvalue weighted by molar-refractivity contribution is 7.89. The zero-order chi connectivity index (χ0) is 12.9. The minimum absolute atomic E-state index is 0. The first-order valence-electron chi connectivity index (χ1n) is 6.27. The number of nitrogens with zero attached hydrogens (tertiary/aromatic N) is 2. The van der Waals surface area contributed by atoms with Crippen LogP contribution in [0.25, 0.3) is 0 Å². The first-order valence-corrected chi connectivity index (χ1v) is 7.71. The maximum Gasteiger partial charge on any atom is 0.243 e. The van der Waals surface area contributed by atoms with Crippen molar-refractivity contribution in [2.45, 2.75) is 30.3 Å². The lowest BCUT2D eigenvalue weighted by atomic mass is 10.2. The fourth-order valence-corrected chi connectivity index (χ4v) is 4.63. The molecule has 4 nitrogen and oxygen atoms in total. The number of hydrogen-bond donors (Lipinski definition) is 0. The van der Waals surface area contributed by atoms with Gasteiger partial charge in [-0.15, -0.1) is 0 Å². The van der Waals surface area contributed by atoms with E-state index in [1.165, 1.54) is 0 Å². The number of hydrogen-bond acceptors (Lipinski definition) is 3. The molecule has 20 heavy (non-hydrogen) atoms. The number of fused-ring (bicyclic) bond motifs is 2. The van der Waals surface area contributed by atoms with Gasteiger partial charge in [-0.3, -0.25) is 0 Å². The second-order valence-corrected chi connectivity index (χ2v) is 7.26. The maximum atomic E-state index is 12.5. The predicted octanol–water partition coefficient (Wildman–Crippen LogP) is 1.30. The number of rotatable bonds is 2. The van der Waals surface area contributed by atoms with Crippen LogP contribution in [-0.2, 0) is 10.0 Å². The Morgan fingerprint density at radius 3 is 2.10 bits per heavy atom. The molecule has 0 spiro atoms. The molecule has 0 radical (unpaired) electrons. The molecule has 2 bridgehead atoms. The summed E-state index contributed by atoms with van der Waals surface area (Å²) < 4.78 is 26.8. The van der Waals surface area contributed by atoms with Crippen LogP contribution in [0.4, 0.5) is 0 Å². The molecule has 0 amide bonds. The maximum absolute atomic E-state index is 12.5. The first-order chi connectivity index (χ1) is 8.48. The third-order valence-corrected chi connectivity index (χ3v) is 6.02. The van der Waals surface area contributed by atoms with E-state index in [-0.39, 0.29) is 33.0 Å². The molecule has 2 fully saturated rings. The average Bonchev–Trinajstić information content (AvgIpc) is 2.88. The summed E-state index contributed by atoms with van der Waals surface area (Å²) in [6.07, 6.45) is 0.974. The monoisotopic (exact) mass is 334 g/mol. The number of aryl methyl sites for hydroxylation is 1. The second-order valence-electron chi connectivity index (χ2n) is 5.37. The van der Waals surface area contributed by atoms with Crippen LogP contribution < -0.4 is 0 Å². The van der Waals surface area contributed by atoms with E-state index < -0.39 is 10.0 Å². The Balaban J connectivity index is 0.000001000. The van der Waals surface area contributed by atoms with E-state index in [1.807, 2.05) is 19.1 Å². The third kappa shape index (κ3) is 2.87. The fourth-order valence-electron chi connectivity index (χ4n) is 2.97. The summed E-state index contributed by atoms with van der Waals surface area (Å²) in [6, 6.07) is 7.68. The minimum Gasteiger partial charge on any atom is -0.300 e. The molecule has 2 saturated heterocycles. The molecule has 1 aromatic rings. The Kier molecular flexibility index (Phi) is 5.60. The molecular formula is C13H22N2O2S3. The van der Waals surface area contributed by atoms with Crippen LogP contribution in [-0.4, -0.2) is 49.8 Å². The number of benzene rings is 1. The Hall–Kier alpha value is -0.210. The molecule has 3 rings (SSSR count). The summed E-state index contributed by atoms with van der Waals surface area (Å²) in [5.74, 6) is 0. The molecule has 0 N–H and O–H groups in total. The number of likely N-dealkylation sites (N-methyl/N-ethyl adjacent to an activating group) is 1. The van der Waals surface area contributed by atoms with Crippen LogP contribution in [0.3, 0.4) is 0 Å². The largest absolute Gasteiger partial charge is 0.300 e. The zero-order valence-corrected chi connectivity index (χ0v) is 14.5. The van der Waals surface area contributed by atoms with Gasteiger partial charge in [0.1, 0.15) is 0 Å². The van der Waals surface area contributed by atoms with Gasteiger partial charge in [-0.1, -0.05) is 17.7 Å². The van der Waals surface area contributed by atoms with Crippen molar-refractivity contribution in [2.24, 2.45) is 0 Å². The highest BCUT2D eigenvalue weighted by Gasteiger charge is 2.46. The number of piperazine rings is 1. The van der Waals surface area contributed by atoms with Gasteiger partial charge >= 0.3 is 0 Å². The topological polar surface area (TPSA) is 40.6 Å². The van der Waals surface area contributed by atoms with Crippen molar-refractivity contribution in [1.29, 1.82) is 0 Å². The van der Waals surface area contributed by atoms with Gasteiger partial charge in [-0.25, -0.2) is 8.42 Å². The average molecular weight is 335 g/mol. The van der Waals surface area contributed by atoms with Crippen molar-refractivity contribution in [1.82, 2.24) is 9.21 Å². The molecule has 2 aliphatic heterocycles. The van der Waals surface area contributed by atoms with Crippen LogP contribution in [0.15, 0.2) is 29.2 Å². The van der Waals surface area contributed by atoms with Crippen molar-refractivity contribution in [3.63, 3.8) is 0 Å². The van der Waals surface area contributed by atoms with Crippen LogP contribution in [0.1, 0.15) is 12.0 Å². The van der Waals surface area contributed by atoms with E-state index in [9.17, 15) is 8.42 Å². The van der Waals surface area contributed by atoms with E-state index >= 15 is 0 Å². The summed E-state index contributed by atoms with van der Waals surface area (Å²) in [5, 5.41) is 0. The highest BCUT2D eigenvalue weighted by atomic mass is 32.2. The van der Waals surface area contributed by atoms with Crippen molar-refractivity contribution in [3.8, 4) is 0 Å². The van der Waals surface area contributed by atoms with E-state index in [2.05, 4.69) is 11.9 Å². The Bertz CT molecular complexity index is 557. The van der Waals surface area contributed by atoms with Crippen molar-refractivity contribution in [2.75, 3.05) is 20.1 Å². The molecule has 2 aliphatic rings. The molecule has 0 saturated carbocycles. The highest BCUT2D eigenvalue weighted by Crippen LogP contribution is 2.33. The lowest BCUT2D eigenvalue weighted by Gasteiger charge is -2.31. The van der Waals surface area contributed by atoms with Crippen LogP contribution >= 0.6 is 27.0 Å². The van der Waals surface area contributed by atoms with Gasteiger partial charge in [-0.05, 0) is 32.5 Å². The Labute approximate surface area is 135 Å². The standard InChI is InChI=1S/C13H18N2O2S.2H2S/c1-10-3-5-13(6-4-10)18(16,17)15-9-11-7-12(15)8-14(11)2;;/h3-6,11-12H,7-9H2,1-2H3;2*1H2/t11-,12-;;/m0../s1. The van der Waals surface area contributed by atoms with Gasteiger partial charge in [-0.2, -0.15) is 31.3 Å². The quantitative estimate of drug-likeness (QED) is 0.818. The molecule has 2 heterocycles. The zero-order valence-electron chi connectivity index (χ0n) is 11.7. The SMILES string of the molecule is Cc1ccc(S(=O)(=O)N2C[C@@H]3C[C@H]2CN3C)cc1.S.S. The third-order valence-electron chi connectivity index (χ3n) is 4.09. The molecule has 2 atom stereocenters. The summed E-state index contributed by atoms with van der Waals surface area (Å²) >= 11 is 0. The van der Waals surface area contributed by atoms with Gasteiger partial charge in [0.25, 0.3) is 0 Å². The fraction of sp³-hybridized carbons (Fsp3) is 0.538. The molecule has 114 valence electrons. The number of sulfonamides is 1. The van der Waals surface area contributed by atoms with E-state index in [4.69, 9.17) is 0 Å². The van der Waals surface area contributed by atoms with E-state index in [0.29, 0.717) is 17.5 Å². The lowest BCUT2D eigenvalue weighted by Crippen LogP contribution is -2.47. The van der Waals surface area contributed by atoms with Crippen molar-refractivity contribution in [3.05, 3.63) is 29.8 Å². The summed E-state index contributed by atoms with van der Waals surface area (Å²) in [4.78, 5) is 2.68. The predicted molar refractivity (Wildman–Crippen MR) is 90.7 cm³/mol. The Morgan fingerprint density at radius 1 is 1.05 bits per heavy atom. The van der Waals surface area contributed by atoms with Crippen LogP contribution in [0.2, 0.25) is 0 Å². The lowest BCUT2D eigenvalue weighted by molar-refractivity contribution is 0.216. The summed E-state index contributed by atoms with van der Waals surface area (Å²) in [6.45, 7) is 3.45. The van der Waals surface area contributed by atoms with Crippen molar-refractivity contribution >= 4 is 37.0 Å². The molecule has 0 aromatic heterocycles. The normalized spacial score (nSPS) is 26.1. The molecule has 7 heteroatoms. The minimum atomic E-state index is -3.30. The second kappa shape index (κ2) is 6.27. The summed E-state index contributed by atoms with van der Waals surface area (Å²) in [5.41, 5.74) is 1.08. The van der Waals surface area contributed by atoms with E-state index in [0.717, 1.165) is 18.5 Å². The van der Waals surface area contributed by atoms with Crippen LogP contribution in [0, 0.1) is 6.92 Å². The smallest absolute Gasteiger partial charge is 0.243 e. The van der Waals surface area contributed by atoms with Gasteiger partial charge in [0.15, 0.2) is 0 Å². The van der Waals surface area contributed by atoms with Gasteiger partial charge in [0.2, 0.25) is 10.0 Å². The van der Waals surface area contributed by atoms with Crippen molar-refractivity contribution < 1.29 is 8.42 Å². The molecule has 0 unspecified atom stereocenters. The first kappa shape index (κ1) is 17.8. The Morgan fingerprint density at radius 2 is 1.65 bits per heavy atom. The van der Waals surface area contributed by atoms with Gasteiger partial charge in [0, 0.05) is 25.2 Å². The van der Waals surface area contributed by atoms with E-state index in [1.54, 1.807) is 16.4 Å². The summed E-state index contributed by atoms with van der Waals surface area (Å²) in [7, 11) is -1.23. The molecule has 1 aromatic carbocycles. The van der Waals surface area contributed by atoms with Gasteiger partial charge < -0.3 is 4.90 Å². The van der Waals surface area contributed by atoms with Crippen LogP contribution in [0.5, 0.6) is 0 Å². The molecular weight excluding hydrogens is 312 g/mol.